The lowest BCUT2D eigenvalue weighted by Gasteiger charge is -2.07. The third-order valence-electron chi connectivity index (χ3n) is 2.40. The van der Waals surface area contributed by atoms with E-state index in [0.29, 0.717) is 21.4 Å². The highest BCUT2D eigenvalue weighted by Gasteiger charge is 2.06. The molecule has 2 aromatic rings. The quantitative estimate of drug-likeness (QED) is 0.455. The molecule has 1 aromatic carbocycles. The lowest BCUT2D eigenvalue weighted by molar-refractivity contribution is 0.881. The monoisotopic (exact) mass is 321 g/mol. The van der Waals surface area contributed by atoms with Crippen molar-refractivity contribution in [1.29, 1.82) is 10.7 Å². The minimum absolute atomic E-state index is 0.214. The maximum absolute atomic E-state index is 8.73. The van der Waals surface area contributed by atoms with Crippen LogP contribution in [-0.2, 0) is 0 Å². The molecule has 4 N–H and O–H groups in total. The van der Waals surface area contributed by atoms with Gasteiger partial charge in [0.05, 0.1) is 27.6 Å². The second kappa shape index (κ2) is 6.26. The van der Waals surface area contributed by atoms with E-state index in [1.165, 1.54) is 10.9 Å². The van der Waals surface area contributed by atoms with Crippen LogP contribution in [0.1, 0.15) is 0 Å². The Bertz CT molecular complexity index is 757. The number of nitrogens with one attached hydrogen (secondary N) is 2. The molecule has 7 nitrogen and oxygen atoms in total. The minimum atomic E-state index is -0.418. The molecule has 1 aromatic heterocycles. The first-order valence-electron chi connectivity index (χ1n) is 5.59. The highest BCUT2D eigenvalue weighted by Crippen LogP contribution is 2.24. The number of hydrogen-bond donors (Lipinski definition) is 3. The first-order chi connectivity index (χ1) is 10.0. The van der Waals surface area contributed by atoms with Crippen LogP contribution in [0.15, 0.2) is 35.7 Å². The van der Waals surface area contributed by atoms with Gasteiger partial charge in [-0.1, -0.05) is 23.2 Å². The zero-order chi connectivity index (χ0) is 15.4. The predicted molar refractivity (Wildman–Crippen MR) is 82.2 cm³/mol. The summed E-state index contributed by atoms with van der Waals surface area (Å²) >= 11 is 12.0. The molecule has 0 radical (unpaired) electrons. The summed E-state index contributed by atoms with van der Waals surface area (Å²) in [7, 11) is 0. The predicted octanol–water partition coefficient (Wildman–Crippen LogP) is 2.41. The Balaban J connectivity index is 2.24. The summed E-state index contributed by atoms with van der Waals surface area (Å²) in [6.07, 6.45) is 3.12. The Morgan fingerprint density at radius 1 is 1.48 bits per heavy atom. The van der Waals surface area contributed by atoms with Gasteiger partial charge in [-0.2, -0.15) is 15.5 Å². The van der Waals surface area contributed by atoms with E-state index in [1.54, 1.807) is 30.5 Å². The van der Waals surface area contributed by atoms with Crippen LogP contribution in [-0.4, -0.2) is 21.3 Å². The van der Waals surface area contributed by atoms with Gasteiger partial charge in [-0.05, 0) is 18.2 Å². The van der Waals surface area contributed by atoms with Crippen LogP contribution in [0.4, 0.5) is 5.69 Å². The molecule has 0 atom stereocenters. The molecular formula is C12H9Cl2N7. The smallest absolute Gasteiger partial charge is 0.201 e. The third kappa shape index (κ3) is 3.51. The third-order valence-corrected chi connectivity index (χ3v) is 2.90. The van der Waals surface area contributed by atoms with Crippen molar-refractivity contribution in [1.82, 2.24) is 9.78 Å². The van der Waals surface area contributed by atoms with Gasteiger partial charge in [0.1, 0.15) is 6.07 Å². The Morgan fingerprint density at radius 3 is 2.76 bits per heavy atom. The fourth-order valence-electron chi connectivity index (χ4n) is 1.46. The van der Waals surface area contributed by atoms with Crippen molar-refractivity contribution >= 4 is 40.4 Å². The Labute approximate surface area is 130 Å². The van der Waals surface area contributed by atoms with Gasteiger partial charge >= 0.3 is 0 Å². The molecule has 0 aliphatic rings. The van der Waals surface area contributed by atoms with E-state index in [2.05, 4.69) is 15.6 Å². The molecule has 0 fully saturated rings. The summed E-state index contributed by atoms with van der Waals surface area (Å²) in [4.78, 5) is 0. The molecule has 2 rings (SSSR count). The van der Waals surface area contributed by atoms with Crippen LogP contribution in [0.25, 0.3) is 5.69 Å². The number of benzene rings is 1. The maximum Gasteiger partial charge on any atom is 0.201 e. The Hall–Kier alpha value is -2.56. The van der Waals surface area contributed by atoms with E-state index in [9.17, 15) is 0 Å². The van der Waals surface area contributed by atoms with Gasteiger partial charge in [0.25, 0.3) is 0 Å². The topological polar surface area (TPSA) is 116 Å². The van der Waals surface area contributed by atoms with Crippen molar-refractivity contribution in [3.05, 3.63) is 40.6 Å². The zero-order valence-electron chi connectivity index (χ0n) is 10.5. The number of halogens is 2. The second-order valence-electron chi connectivity index (χ2n) is 3.87. The number of anilines is 1. The van der Waals surface area contributed by atoms with E-state index < -0.39 is 5.84 Å². The molecule has 0 unspecified atom stereocenters. The van der Waals surface area contributed by atoms with Crippen molar-refractivity contribution in [2.75, 3.05) is 5.43 Å². The standard InChI is InChI=1S/C12H9Cl2N7/c13-7-5-18-21(6-7)11-2-1-8(3-9(11)14)19-20-10(4-15)12(16)17/h1-3,5-6,19H,(H3,16,17)/b20-10+. The molecule has 9 heteroatoms. The number of nitrogens with two attached hydrogens (primary N) is 1. The van der Waals surface area contributed by atoms with E-state index >= 15 is 0 Å². The van der Waals surface area contributed by atoms with E-state index in [0.717, 1.165) is 0 Å². The number of aromatic nitrogens is 2. The van der Waals surface area contributed by atoms with Crippen molar-refractivity contribution in [3.63, 3.8) is 0 Å². The summed E-state index contributed by atoms with van der Waals surface area (Å²) in [5, 5.41) is 24.6. The number of nitriles is 1. The Kier molecular flexibility index (Phi) is 4.42. The fourth-order valence-corrected chi connectivity index (χ4v) is 1.86. The molecule has 106 valence electrons. The van der Waals surface area contributed by atoms with Crippen molar-refractivity contribution in [2.45, 2.75) is 0 Å². The van der Waals surface area contributed by atoms with Crippen molar-refractivity contribution < 1.29 is 0 Å². The molecular weight excluding hydrogens is 313 g/mol. The van der Waals surface area contributed by atoms with Gasteiger partial charge in [-0.3, -0.25) is 10.8 Å². The van der Waals surface area contributed by atoms with Crippen LogP contribution in [0.2, 0.25) is 10.0 Å². The normalized spacial score (nSPS) is 11.0. The van der Waals surface area contributed by atoms with Gasteiger partial charge in [0, 0.05) is 6.20 Å². The SMILES string of the molecule is N#C/C(=N\Nc1ccc(-n2cc(Cl)cn2)c(Cl)c1)C(=N)N. The summed E-state index contributed by atoms with van der Waals surface area (Å²) in [5.74, 6) is -0.418. The molecule has 0 aliphatic heterocycles. The average Bonchev–Trinajstić information content (AvgIpc) is 2.85. The molecule has 0 saturated heterocycles. The van der Waals surface area contributed by atoms with Crippen LogP contribution in [0.5, 0.6) is 0 Å². The number of hydrogen-bond acceptors (Lipinski definition) is 5. The molecule has 0 amide bonds. The molecule has 0 bridgehead atoms. The van der Waals surface area contributed by atoms with E-state index in [4.69, 9.17) is 39.6 Å². The van der Waals surface area contributed by atoms with Crippen LogP contribution in [0.3, 0.4) is 0 Å². The van der Waals surface area contributed by atoms with Gasteiger partial charge in [-0.15, -0.1) is 0 Å². The largest absolute Gasteiger partial charge is 0.382 e. The van der Waals surface area contributed by atoms with Crippen molar-refractivity contribution in [2.24, 2.45) is 10.8 Å². The highest BCUT2D eigenvalue weighted by molar-refractivity contribution is 6.45. The summed E-state index contributed by atoms with van der Waals surface area (Å²) in [6.45, 7) is 0. The molecule has 21 heavy (non-hydrogen) atoms. The first-order valence-corrected chi connectivity index (χ1v) is 6.35. The van der Waals surface area contributed by atoms with E-state index in [1.807, 2.05) is 0 Å². The lowest BCUT2D eigenvalue weighted by Crippen LogP contribution is -2.21. The Morgan fingerprint density at radius 2 is 2.24 bits per heavy atom. The number of hydrazone groups is 1. The molecule has 0 saturated carbocycles. The highest BCUT2D eigenvalue weighted by atomic mass is 35.5. The minimum Gasteiger partial charge on any atom is -0.382 e. The average molecular weight is 322 g/mol. The van der Waals surface area contributed by atoms with E-state index in [-0.39, 0.29) is 5.71 Å². The molecule has 1 heterocycles. The number of amidine groups is 1. The first kappa shape index (κ1) is 14.8. The summed E-state index contributed by atoms with van der Waals surface area (Å²) < 4.78 is 1.54. The zero-order valence-corrected chi connectivity index (χ0v) is 12.0. The van der Waals surface area contributed by atoms with Gasteiger partial charge in [0.2, 0.25) is 5.71 Å². The summed E-state index contributed by atoms with van der Waals surface area (Å²) in [5.41, 5.74) is 8.76. The van der Waals surface area contributed by atoms with Crippen molar-refractivity contribution in [3.8, 4) is 11.8 Å². The molecule has 0 spiro atoms. The van der Waals surface area contributed by atoms with Gasteiger partial charge in [-0.25, -0.2) is 4.68 Å². The summed E-state index contributed by atoms with van der Waals surface area (Å²) in [6, 6.07) is 6.71. The van der Waals surface area contributed by atoms with Gasteiger partial charge in [0.15, 0.2) is 5.84 Å². The fraction of sp³-hybridized carbons (Fsp3) is 0. The molecule has 0 aliphatic carbocycles. The number of nitrogens with zero attached hydrogens (tertiary/aromatic N) is 4. The van der Waals surface area contributed by atoms with Crippen LogP contribution in [0, 0.1) is 16.7 Å². The number of rotatable bonds is 4. The maximum atomic E-state index is 8.73. The van der Waals surface area contributed by atoms with Crippen LogP contribution >= 0.6 is 23.2 Å². The van der Waals surface area contributed by atoms with Gasteiger partial charge < -0.3 is 5.73 Å². The van der Waals surface area contributed by atoms with Crippen LogP contribution < -0.4 is 11.2 Å². The second-order valence-corrected chi connectivity index (χ2v) is 4.71. The lowest BCUT2D eigenvalue weighted by atomic mass is 10.3.